The maximum atomic E-state index is 12.0. The fraction of sp³-hybridized carbons (Fsp3) is 0.217. The highest BCUT2D eigenvalue weighted by Gasteiger charge is 2.20. The number of primary amides is 1. The van der Waals surface area contributed by atoms with Crippen molar-refractivity contribution < 1.29 is 19.1 Å². The summed E-state index contributed by atoms with van der Waals surface area (Å²) < 4.78 is 12.0. The van der Waals surface area contributed by atoms with Gasteiger partial charge in [0.1, 0.15) is 28.6 Å². The number of phenols is 1. The van der Waals surface area contributed by atoms with Gasteiger partial charge >= 0.3 is 0 Å². The van der Waals surface area contributed by atoms with E-state index in [9.17, 15) is 9.90 Å². The van der Waals surface area contributed by atoms with Gasteiger partial charge in [0, 0.05) is 29.1 Å². The number of phenolic OH excluding ortho intramolecular Hbond substituents is 1. The highest BCUT2D eigenvalue weighted by atomic mass is 16.5. The predicted octanol–water partition coefficient (Wildman–Crippen LogP) is 5.23. The lowest BCUT2D eigenvalue weighted by molar-refractivity contribution is 0.1000. The van der Waals surface area contributed by atoms with E-state index in [1.165, 1.54) is 0 Å². The van der Waals surface area contributed by atoms with Crippen LogP contribution in [0.1, 0.15) is 41.4 Å². The van der Waals surface area contributed by atoms with Crippen LogP contribution in [-0.2, 0) is 6.42 Å². The van der Waals surface area contributed by atoms with Crippen LogP contribution >= 0.6 is 0 Å². The van der Waals surface area contributed by atoms with Crippen LogP contribution in [0.5, 0.6) is 17.2 Å². The predicted molar refractivity (Wildman–Crippen MR) is 112 cm³/mol. The number of aromatic hydroxyl groups is 1. The molecule has 6 nitrogen and oxygen atoms in total. The summed E-state index contributed by atoms with van der Waals surface area (Å²) in [4.78, 5) is 16.3. The second-order valence-electron chi connectivity index (χ2n) is 7.07. The van der Waals surface area contributed by atoms with Gasteiger partial charge in [-0.1, -0.05) is 13.3 Å². The summed E-state index contributed by atoms with van der Waals surface area (Å²) in [5, 5.41) is 11.2. The van der Waals surface area contributed by atoms with Crippen LogP contribution in [0.2, 0.25) is 0 Å². The number of carbonyl (C=O) groups excluding carboxylic acids is 1. The summed E-state index contributed by atoms with van der Waals surface area (Å²) in [6.07, 6.45) is 4.41. The van der Waals surface area contributed by atoms with E-state index in [2.05, 4.69) is 11.9 Å². The zero-order valence-corrected chi connectivity index (χ0v) is 16.4. The number of ether oxygens (including phenoxy) is 1. The van der Waals surface area contributed by atoms with E-state index in [0.29, 0.717) is 33.9 Å². The van der Waals surface area contributed by atoms with Crippen molar-refractivity contribution in [1.82, 2.24) is 4.98 Å². The average Bonchev–Trinajstić information content (AvgIpc) is 3.02. The van der Waals surface area contributed by atoms with Gasteiger partial charge in [-0.25, -0.2) is 0 Å². The Labute approximate surface area is 167 Å². The Hall–Kier alpha value is -3.54. The van der Waals surface area contributed by atoms with Crippen molar-refractivity contribution in [2.24, 2.45) is 5.73 Å². The smallest absolute Gasteiger partial charge is 0.252 e. The molecule has 2 aromatic heterocycles. The first-order valence-corrected chi connectivity index (χ1v) is 9.59. The molecule has 0 aliphatic heterocycles. The van der Waals surface area contributed by atoms with Crippen molar-refractivity contribution in [3.8, 4) is 17.2 Å². The lowest BCUT2D eigenvalue weighted by Crippen LogP contribution is -2.12. The Bertz CT molecular complexity index is 1230. The molecule has 4 rings (SSSR count). The number of pyridine rings is 1. The number of unbranched alkanes of at least 4 members (excludes halogenated alkanes) is 1. The third-order valence-electron chi connectivity index (χ3n) is 4.98. The quantitative estimate of drug-likeness (QED) is 0.470. The van der Waals surface area contributed by atoms with Gasteiger partial charge in [0.15, 0.2) is 0 Å². The molecular formula is C23H22N2O4. The van der Waals surface area contributed by atoms with Gasteiger partial charge in [-0.2, -0.15) is 0 Å². The van der Waals surface area contributed by atoms with Gasteiger partial charge in [0.2, 0.25) is 0 Å². The lowest BCUT2D eigenvalue weighted by Gasteiger charge is -2.11. The number of hydrogen-bond donors (Lipinski definition) is 2. The van der Waals surface area contributed by atoms with Crippen LogP contribution < -0.4 is 10.5 Å². The number of aromatic nitrogens is 1. The maximum Gasteiger partial charge on any atom is 0.252 e. The van der Waals surface area contributed by atoms with E-state index in [0.717, 1.165) is 35.6 Å². The number of fused-ring (bicyclic) bond motifs is 2. The number of hydrogen-bond acceptors (Lipinski definition) is 5. The lowest BCUT2D eigenvalue weighted by atomic mass is 9.99. The van der Waals surface area contributed by atoms with Gasteiger partial charge in [-0.15, -0.1) is 0 Å². The first kappa shape index (κ1) is 18.8. The Morgan fingerprint density at radius 1 is 1.24 bits per heavy atom. The molecule has 2 heterocycles. The van der Waals surface area contributed by atoms with Gasteiger partial charge in [0.25, 0.3) is 5.91 Å². The van der Waals surface area contributed by atoms with Gasteiger partial charge in [0.05, 0.1) is 11.1 Å². The normalized spacial score (nSPS) is 11.2. The fourth-order valence-electron chi connectivity index (χ4n) is 3.65. The number of benzene rings is 2. The number of amides is 1. The van der Waals surface area contributed by atoms with Crippen LogP contribution in [-0.4, -0.2) is 16.0 Å². The van der Waals surface area contributed by atoms with E-state index >= 15 is 0 Å². The standard InChI is InChI=1S/C23H22N2O4/c1-3-4-5-14-10-16(12-20-22(14)21(23(24)27)13(2)28-20)29-19-8-9-25-18-11-15(26)6-7-17(18)19/h6-12,26H,3-5H2,1-2H3,(H2,24,27). The summed E-state index contributed by atoms with van der Waals surface area (Å²) in [6.45, 7) is 3.86. The second kappa shape index (κ2) is 7.47. The van der Waals surface area contributed by atoms with E-state index in [-0.39, 0.29) is 5.75 Å². The molecule has 0 aliphatic rings. The molecule has 0 bridgehead atoms. The molecule has 0 saturated heterocycles. The van der Waals surface area contributed by atoms with Crippen molar-refractivity contribution in [1.29, 1.82) is 0 Å². The minimum absolute atomic E-state index is 0.149. The largest absolute Gasteiger partial charge is 0.508 e. The van der Waals surface area contributed by atoms with Crippen molar-refractivity contribution in [2.45, 2.75) is 33.1 Å². The van der Waals surface area contributed by atoms with E-state index in [4.69, 9.17) is 14.9 Å². The van der Waals surface area contributed by atoms with Crippen molar-refractivity contribution in [3.63, 3.8) is 0 Å². The van der Waals surface area contributed by atoms with Crippen molar-refractivity contribution >= 4 is 27.8 Å². The molecule has 1 amide bonds. The molecule has 29 heavy (non-hydrogen) atoms. The fourth-order valence-corrected chi connectivity index (χ4v) is 3.65. The summed E-state index contributed by atoms with van der Waals surface area (Å²) in [7, 11) is 0. The number of nitrogens with two attached hydrogens (primary N) is 1. The number of carbonyl (C=O) groups is 1. The molecule has 3 N–H and O–H groups in total. The van der Waals surface area contributed by atoms with E-state index in [1.54, 1.807) is 43.5 Å². The Balaban J connectivity index is 1.84. The average molecular weight is 390 g/mol. The van der Waals surface area contributed by atoms with Crippen molar-refractivity contribution in [3.05, 3.63) is 59.5 Å². The topological polar surface area (TPSA) is 98.6 Å². The molecule has 0 unspecified atom stereocenters. The first-order chi connectivity index (χ1) is 14.0. The first-order valence-electron chi connectivity index (χ1n) is 9.59. The van der Waals surface area contributed by atoms with Crippen LogP contribution in [0, 0.1) is 6.92 Å². The number of furan rings is 1. The molecule has 0 fully saturated rings. The van der Waals surface area contributed by atoms with Crippen LogP contribution in [0.25, 0.3) is 21.9 Å². The molecule has 2 aromatic carbocycles. The molecule has 0 radical (unpaired) electrons. The van der Waals surface area contributed by atoms with Crippen molar-refractivity contribution in [2.75, 3.05) is 0 Å². The van der Waals surface area contributed by atoms with Crippen LogP contribution in [0.3, 0.4) is 0 Å². The molecule has 0 saturated carbocycles. The molecule has 4 aromatic rings. The maximum absolute atomic E-state index is 12.0. The summed E-state index contributed by atoms with van der Waals surface area (Å²) in [5.41, 5.74) is 8.23. The highest BCUT2D eigenvalue weighted by Crippen LogP contribution is 2.36. The molecule has 0 aliphatic carbocycles. The monoisotopic (exact) mass is 390 g/mol. The number of nitrogens with zero attached hydrogens (tertiary/aromatic N) is 1. The minimum Gasteiger partial charge on any atom is -0.508 e. The molecular weight excluding hydrogens is 368 g/mol. The van der Waals surface area contributed by atoms with E-state index < -0.39 is 5.91 Å². The van der Waals surface area contributed by atoms with Gasteiger partial charge in [-0.3, -0.25) is 9.78 Å². The molecule has 6 heteroatoms. The summed E-state index contributed by atoms with van der Waals surface area (Å²) >= 11 is 0. The van der Waals surface area contributed by atoms with Crippen LogP contribution in [0.4, 0.5) is 0 Å². The van der Waals surface area contributed by atoms with E-state index in [1.807, 2.05) is 6.07 Å². The Kier molecular flexibility index (Phi) is 4.84. The third-order valence-corrected chi connectivity index (χ3v) is 4.98. The third kappa shape index (κ3) is 3.49. The van der Waals surface area contributed by atoms with Gasteiger partial charge in [-0.05, 0) is 49.6 Å². The molecule has 0 atom stereocenters. The second-order valence-corrected chi connectivity index (χ2v) is 7.07. The summed E-state index contributed by atoms with van der Waals surface area (Å²) in [6, 6.07) is 10.4. The number of aryl methyl sites for hydroxylation is 2. The van der Waals surface area contributed by atoms with Crippen LogP contribution in [0.15, 0.2) is 47.0 Å². The zero-order chi connectivity index (χ0) is 20.5. The zero-order valence-electron chi connectivity index (χ0n) is 16.4. The summed E-state index contributed by atoms with van der Waals surface area (Å²) in [5.74, 6) is 1.39. The molecule has 0 spiro atoms. The Morgan fingerprint density at radius 3 is 2.83 bits per heavy atom. The Morgan fingerprint density at radius 2 is 2.07 bits per heavy atom. The number of rotatable bonds is 6. The molecule has 148 valence electrons. The highest BCUT2D eigenvalue weighted by molar-refractivity contribution is 6.08. The van der Waals surface area contributed by atoms with Gasteiger partial charge < -0.3 is 20.0 Å². The minimum atomic E-state index is -0.493. The SMILES string of the molecule is CCCCc1cc(Oc2ccnc3cc(O)ccc23)cc2oc(C)c(C(N)=O)c12.